The number of hydrogen-bond acceptors (Lipinski definition) is 4. The molecule has 0 aliphatic rings. The first-order valence-corrected chi connectivity index (χ1v) is 7.32. The highest BCUT2D eigenvalue weighted by Crippen LogP contribution is 2.31. The number of halogens is 2. The minimum Gasteiger partial charge on any atom is -0.464 e. The summed E-state index contributed by atoms with van der Waals surface area (Å²) in [7, 11) is 1.27. The van der Waals surface area contributed by atoms with Gasteiger partial charge in [0.1, 0.15) is 6.07 Å². The van der Waals surface area contributed by atoms with Gasteiger partial charge in [-0.1, -0.05) is 6.07 Å². The van der Waals surface area contributed by atoms with E-state index in [0.717, 1.165) is 8.04 Å². The van der Waals surface area contributed by atoms with Crippen molar-refractivity contribution in [2.75, 3.05) is 12.8 Å². The number of carbonyl (C=O) groups excluding carboxylic acids is 1. The topological polar surface area (TPSA) is 81.0 Å². The molecule has 1 aromatic carbocycles. The molecular weight excluding hydrogens is 437 g/mol. The Labute approximate surface area is 137 Å². The van der Waals surface area contributed by atoms with E-state index in [1.807, 2.05) is 24.3 Å². The Hall–Kier alpha value is -1.53. The van der Waals surface area contributed by atoms with Crippen LogP contribution < -0.4 is 5.73 Å². The summed E-state index contributed by atoms with van der Waals surface area (Å²) in [5.41, 5.74) is 7.06. The van der Waals surface area contributed by atoms with Crippen LogP contribution in [0.1, 0.15) is 16.1 Å². The van der Waals surface area contributed by atoms with Crippen LogP contribution in [0.5, 0.6) is 0 Å². The molecule has 0 amide bonds. The zero-order chi connectivity index (χ0) is 14.9. The lowest BCUT2D eigenvalue weighted by atomic mass is 10.2. The van der Waals surface area contributed by atoms with E-state index in [1.54, 1.807) is 4.57 Å². The van der Waals surface area contributed by atoms with Gasteiger partial charge in [0.2, 0.25) is 0 Å². The molecule has 0 fully saturated rings. The number of ether oxygens (including phenoxy) is 1. The molecule has 0 saturated carbocycles. The Kier molecular flexibility index (Phi) is 4.35. The van der Waals surface area contributed by atoms with Gasteiger partial charge in [-0.05, 0) is 50.7 Å². The maximum Gasteiger partial charge on any atom is 0.357 e. The second-order valence-corrected chi connectivity index (χ2v) is 5.81. The standard InChI is InChI=1S/C13H9BrIN3O2/c1-20-13(19)12-11(17)7(5-16)6-18(12)9-4-2-3-8(15)10(9)14/h2-4,6H,17H2,1H3. The number of rotatable bonds is 2. The quantitative estimate of drug-likeness (QED) is 0.568. The summed E-state index contributed by atoms with van der Waals surface area (Å²) in [6.45, 7) is 0. The summed E-state index contributed by atoms with van der Waals surface area (Å²) in [4.78, 5) is 11.9. The first-order valence-electron chi connectivity index (χ1n) is 5.44. The van der Waals surface area contributed by atoms with Gasteiger partial charge >= 0.3 is 5.97 Å². The van der Waals surface area contributed by atoms with E-state index in [1.165, 1.54) is 13.3 Å². The van der Waals surface area contributed by atoms with E-state index in [2.05, 4.69) is 38.5 Å². The van der Waals surface area contributed by atoms with E-state index in [4.69, 9.17) is 15.7 Å². The summed E-state index contributed by atoms with van der Waals surface area (Å²) >= 11 is 5.64. The summed E-state index contributed by atoms with van der Waals surface area (Å²) in [5.74, 6) is -0.588. The largest absolute Gasteiger partial charge is 0.464 e. The highest BCUT2D eigenvalue weighted by molar-refractivity contribution is 14.1. The number of hydrogen-bond donors (Lipinski definition) is 1. The van der Waals surface area contributed by atoms with Crippen molar-refractivity contribution in [3.05, 3.63) is 43.7 Å². The fourth-order valence-corrected chi connectivity index (χ4v) is 2.72. The van der Waals surface area contributed by atoms with E-state index in [0.29, 0.717) is 5.69 Å². The molecular formula is C13H9BrIN3O2. The molecule has 0 bridgehead atoms. The predicted octanol–water partition coefficient (Wildman–Crippen LogP) is 3.08. The molecule has 0 aliphatic heterocycles. The summed E-state index contributed by atoms with van der Waals surface area (Å²) < 4.78 is 8.09. The van der Waals surface area contributed by atoms with Crippen LogP contribution in [0.3, 0.4) is 0 Å². The van der Waals surface area contributed by atoms with Gasteiger partial charge in [0.25, 0.3) is 0 Å². The molecule has 2 aromatic rings. The fourth-order valence-electron chi connectivity index (χ4n) is 1.78. The molecule has 2 N–H and O–H groups in total. The van der Waals surface area contributed by atoms with Crippen molar-refractivity contribution in [3.8, 4) is 11.8 Å². The fraction of sp³-hybridized carbons (Fsp3) is 0.0769. The van der Waals surface area contributed by atoms with Gasteiger partial charge < -0.3 is 15.0 Å². The number of aromatic nitrogens is 1. The van der Waals surface area contributed by atoms with Crippen LogP contribution in [0, 0.1) is 14.9 Å². The summed E-state index contributed by atoms with van der Waals surface area (Å²) in [5, 5.41) is 9.07. The number of nitriles is 1. The van der Waals surface area contributed by atoms with E-state index >= 15 is 0 Å². The average Bonchev–Trinajstić information content (AvgIpc) is 2.77. The molecule has 20 heavy (non-hydrogen) atoms. The summed E-state index contributed by atoms with van der Waals surface area (Å²) in [6.07, 6.45) is 1.53. The molecule has 0 atom stereocenters. The Morgan fingerprint density at radius 1 is 1.55 bits per heavy atom. The van der Waals surface area contributed by atoms with Crippen molar-refractivity contribution in [1.29, 1.82) is 5.26 Å². The van der Waals surface area contributed by atoms with Crippen molar-refractivity contribution in [1.82, 2.24) is 4.57 Å². The average molecular weight is 446 g/mol. The maximum atomic E-state index is 11.9. The van der Waals surface area contributed by atoms with Crippen molar-refractivity contribution >= 4 is 50.2 Å². The van der Waals surface area contributed by atoms with Gasteiger partial charge in [-0.15, -0.1) is 0 Å². The number of anilines is 1. The smallest absolute Gasteiger partial charge is 0.357 e. The number of nitrogen functional groups attached to an aromatic ring is 1. The van der Waals surface area contributed by atoms with Crippen LogP contribution in [0.15, 0.2) is 28.9 Å². The lowest BCUT2D eigenvalue weighted by molar-refractivity contribution is 0.0593. The van der Waals surface area contributed by atoms with E-state index < -0.39 is 5.97 Å². The molecule has 102 valence electrons. The van der Waals surface area contributed by atoms with Crippen molar-refractivity contribution in [3.63, 3.8) is 0 Å². The molecule has 2 rings (SSSR count). The lowest BCUT2D eigenvalue weighted by Crippen LogP contribution is -2.11. The first kappa shape index (κ1) is 14.9. The highest BCUT2D eigenvalue weighted by Gasteiger charge is 2.22. The molecule has 0 spiro atoms. The molecule has 1 aromatic heterocycles. The third kappa shape index (κ3) is 2.41. The van der Waals surface area contributed by atoms with Crippen LogP contribution >= 0.6 is 38.5 Å². The monoisotopic (exact) mass is 445 g/mol. The van der Waals surface area contributed by atoms with Crippen LogP contribution in [0.2, 0.25) is 0 Å². The normalized spacial score (nSPS) is 10.1. The number of methoxy groups -OCH3 is 1. The van der Waals surface area contributed by atoms with Crippen molar-refractivity contribution in [2.45, 2.75) is 0 Å². The maximum absolute atomic E-state index is 11.9. The molecule has 0 unspecified atom stereocenters. The second kappa shape index (κ2) is 5.85. The van der Waals surface area contributed by atoms with Gasteiger partial charge in [0.05, 0.1) is 28.5 Å². The first-order chi connectivity index (χ1) is 9.51. The number of esters is 1. The zero-order valence-electron chi connectivity index (χ0n) is 10.4. The molecule has 0 aliphatic carbocycles. The third-order valence-corrected chi connectivity index (χ3v) is 5.21. The van der Waals surface area contributed by atoms with Crippen LogP contribution in [-0.4, -0.2) is 17.6 Å². The Morgan fingerprint density at radius 3 is 2.85 bits per heavy atom. The Balaban J connectivity index is 2.77. The van der Waals surface area contributed by atoms with Crippen molar-refractivity contribution in [2.24, 2.45) is 0 Å². The molecule has 0 radical (unpaired) electrons. The number of benzene rings is 1. The Morgan fingerprint density at radius 2 is 2.25 bits per heavy atom. The molecule has 0 saturated heterocycles. The van der Waals surface area contributed by atoms with Crippen LogP contribution in [-0.2, 0) is 4.74 Å². The van der Waals surface area contributed by atoms with Gasteiger partial charge in [-0.2, -0.15) is 5.26 Å². The van der Waals surface area contributed by atoms with E-state index in [9.17, 15) is 4.79 Å². The number of nitrogens with zero attached hydrogens (tertiary/aromatic N) is 2. The highest BCUT2D eigenvalue weighted by atomic mass is 127. The predicted molar refractivity (Wildman–Crippen MR) is 86.7 cm³/mol. The lowest BCUT2D eigenvalue weighted by Gasteiger charge is -2.11. The SMILES string of the molecule is COC(=O)c1c(N)c(C#N)cn1-c1cccc(I)c1Br. The van der Waals surface area contributed by atoms with Gasteiger partial charge in [-0.25, -0.2) is 4.79 Å². The van der Waals surface area contributed by atoms with Gasteiger partial charge in [-0.3, -0.25) is 0 Å². The minimum absolute atomic E-state index is 0.116. The molecule has 1 heterocycles. The van der Waals surface area contributed by atoms with Gasteiger partial charge in [0.15, 0.2) is 5.69 Å². The minimum atomic E-state index is -0.588. The van der Waals surface area contributed by atoms with E-state index in [-0.39, 0.29) is 16.9 Å². The number of nitrogens with two attached hydrogens (primary N) is 1. The Bertz CT molecular complexity index is 734. The molecule has 5 nitrogen and oxygen atoms in total. The second-order valence-electron chi connectivity index (χ2n) is 3.85. The zero-order valence-corrected chi connectivity index (χ0v) is 14.1. The number of carbonyl (C=O) groups is 1. The van der Waals surface area contributed by atoms with Gasteiger partial charge in [0, 0.05) is 9.77 Å². The van der Waals surface area contributed by atoms with Crippen LogP contribution in [0.25, 0.3) is 5.69 Å². The van der Waals surface area contributed by atoms with Crippen LogP contribution in [0.4, 0.5) is 5.69 Å². The molecule has 7 heteroatoms. The van der Waals surface area contributed by atoms with Crippen molar-refractivity contribution < 1.29 is 9.53 Å². The third-order valence-electron chi connectivity index (χ3n) is 2.73. The summed E-state index contributed by atoms with van der Waals surface area (Å²) in [6, 6.07) is 7.56.